The van der Waals surface area contributed by atoms with Gasteiger partial charge in [-0.05, 0) is 24.0 Å². The maximum Gasteiger partial charge on any atom is 0.407 e. The number of benzene rings is 2. The predicted molar refractivity (Wildman–Crippen MR) is 88.6 cm³/mol. The van der Waals surface area contributed by atoms with Gasteiger partial charge in [0.1, 0.15) is 0 Å². The highest BCUT2D eigenvalue weighted by molar-refractivity contribution is 5.68. The van der Waals surface area contributed by atoms with Gasteiger partial charge in [-0.2, -0.15) is 0 Å². The van der Waals surface area contributed by atoms with E-state index in [4.69, 9.17) is 4.74 Å². The van der Waals surface area contributed by atoms with E-state index in [-0.39, 0.29) is 6.10 Å². The van der Waals surface area contributed by atoms with E-state index in [1.165, 1.54) is 4.90 Å². The number of hydrogen-bond donors (Lipinski definition) is 1. The molecule has 1 saturated heterocycles. The van der Waals surface area contributed by atoms with Crippen molar-refractivity contribution >= 4 is 6.09 Å². The molecule has 0 spiro atoms. The molecule has 0 aliphatic carbocycles. The fourth-order valence-corrected chi connectivity index (χ4v) is 3.52. The Kier molecular flexibility index (Phi) is 4.35. The van der Waals surface area contributed by atoms with Crippen LogP contribution in [0.3, 0.4) is 0 Å². The van der Waals surface area contributed by atoms with Crippen molar-refractivity contribution in [1.82, 2.24) is 4.90 Å². The highest BCUT2D eigenvalue weighted by atomic mass is 16.5. The minimum Gasteiger partial charge on any atom is -0.465 e. The Hall–Kier alpha value is -2.33. The van der Waals surface area contributed by atoms with Crippen molar-refractivity contribution < 1.29 is 14.6 Å². The van der Waals surface area contributed by atoms with E-state index in [1.54, 1.807) is 7.11 Å². The number of ether oxygens (including phenoxy) is 1. The molecule has 0 aromatic heterocycles. The second kappa shape index (κ2) is 6.42. The second-order valence-electron chi connectivity index (χ2n) is 6.05. The van der Waals surface area contributed by atoms with Crippen molar-refractivity contribution in [3.8, 4) is 0 Å². The summed E-state index contributed by atoms with van der Waals surface area (Å²) in [5, 5.41) is 9.61. The molecule has 1 fully saturated rings. The Labute approximate surface area is 136 Å². The Bertz CT molecular complexity index is 615. The number of hydrogen-bond acceptors (Lipinski definition) is 2. The largest absolute Gasteiger partial charge is 0.465 e. The molecule has 1 amide bonds. The molecule has 1 N–H and O–H groups in total. The van der Waals surface area contributed by atoms with Gasteiger partial charge >= 0.3 is 6.09 Å². The van der Waals surface area contributed by atoms with Gasteiger partial charge in [-0.1, -0.05) is 60.7 Å². The van der Waals surface area contributed by atoms with Gasteiger partial charge in [0.25, 0.3) is 0 Å². The first-order valence-corrected chi connectivity index (χ1v) is 7.77. The summed E-state index contributed by atoms with van der Waals surface area (Å²) >= 11 is 0. The predicted octanol–water partition coefficient (Wildman–Crippen LogP) is 3.22. The summed E-state index contributed by atoms with van der Waals surface area (Å²) in [7, 11) is 1.66. The summed E-state index contributed by atoms with van der Waals surface area (Å²) < 4.78 is 5.62. The second-order valence-corrected chi connectivity index (χ2v) is 6.05. The van der Waals surface area contributed by atoms with Crippen molar-refractivity contribution in [1.29, 1.82) is 0 Å². The van der Waals surface area contributed by atoms with Gasteiger partial charge in [0, 0.05) is 7.11 Å². The molecule has 3 rings (SSSR count). The van der Waals surface area contributed by atoms with Crippen LogP contribution in [0.2, 0.25) is 0 Å². The minimum absolute atomic E-state index is 0.0981. The number of carboxylic acid groups (broad SMARTS) is 1. The van der Waals surface area contributed by atoms with Crippen LogP contribution in [0.5, 0.6) is 0 Å². The van der Waals surface area contributed by atoms with E-state index in [0.717, 1.165) is 11.1 Å². The van der Waals surface area contributed by atoms with Gasteiger partial charge in [0.15, 0.2) is 0 Å². The molecule has 0 saturated carbocycles. The average Bonchev–Trinajstić information content (AvgIpc) is 2.55. The van der Waals surface area contributed by atoms with Crippen molar-refractivity contribution in [2.75, 3.05) is 13.7 Å². The lowest BCUT2D eigenvalue weighted by molar-refractivity contribution is -0.135. The van der Waals surface area contributed by atoms with Crippen LogP contribution in [-0.2, 0) is 17.6 Å². The maximum absolute atomic E-state index is 11.7. The van der Waals surface area contributed by atoms with Crippen LogP contribution in [0.1, 0.15) is 11.1 Å². The molecule has 2 aromatic carbocycles. The van der Waals surface area contributed by atoms with Gasteiger partial charge < -0.3 is 9.84 Å². The summed E-state index contributed by atoms with van der Waals surface area (Å²) in [6.07, 6.45) is 0.310. The van der Waals surface area contributed by atoms with Crippen molar-refractivity contribution in [2.24, 2.45) is 0 Å². The zero-order valence-corrected chi connectivity index (χ0v) is 13.2. The topological polar surface area (TPSA) is 49.8 Å². The smallest absolute Gasteiger partial charge is 0.407 e. The standard InChI is InChI=1S/C19H21NO3/c1-23-17-14-20(18(21)22)19(17,12-15-8-4-2-5-9-15)13-16-10-6-3-7-11-16/h2-11,17H,12-14H2,1H3,(H,21,22)/t17-/m1/s1. The van der Waals surface area contributed by atoms with Gasteiger partial charge in [0.2, 0.25) is 0 Å². The molecule has 1 atom stereocenters. The van der Waals surface area contributed by atoms with Crippen LogP contribution in [0.15, 0.2) is 60.7 Å². The van der Waals surface area contributed by atoms with Crippen molar-refractivity contribution in [3.63, 3.8) is 0 Å². The molecule has 1 aliphatic rings. The lowest BCUT2D eigenvalue weighted by Gasteiger charge is -2.56. The van der Waals surface area contributed by atoms with Gasteiger partial charge in [-0.15, -0.1) is 0 Å². The van der Waals surface area contributed by atoms with E-state index in [9.17, 15) is 9.90 Å². The molecule has 4 nitrogen and oxygen atoms in total. The van der Waals surface area contributed by atoms with Crippen LogP contribution in [-0.4, -0.2) is 41.4 Å². The van der Waals surface area contributed by atoms with Crippen LogP contribution in [0, 0.1) is 0 Å². The Morgan fingerprint density at radius 1 is 1.09 bits per heavy atom. The van der Waals surface area contributed by atoms with Crippen LogP contribution in [0.4, 0.5) is 4.79 Å². The molecular formula is C19H21NO3. The molecule has 1 heterocycles. The number of nitrogens with zero attached hydrogens (tertiary/aromatic N) is 1. The number of methoxy groups -OCH3 is 1. The van der Waals surface area contributed by atoms with Crippen molar-refractivity contribution in [3.05, 3.63) is 71.8 Å². The van der Waals surface area contributed by atoms with Crippen LogP contribution >= 0.6 is 0 Å². The Morgan fingerprint density at radius 3 is 1.96 bits per heavy atom. The van der Waals surface area contributed by atoms with E-state index in [0.29, 0.717) is 19.4 Å². The fraction of sp³-hybridized carbons (Fsp3) is 0.316. The molecule has 0 bridgehead atoms. The first-order chi connectivity index (χ1) is 11.2. The number of likely N-dealkylation sites (tertiary alicyclic amines) is 1. The summed E-state index contributed by atoms with van der Waals surface area (Å²) in [6, 6.07) is 20.0. The van der Waals surface area contributed by atoms with Crippen molar-refractivity contribution in [2.45, 2.75) is 24.5 Å². The quantitative estimate of drug-likeness (QED) is 0.922. The zero-order valence-electron chi connectivity index (χ0n) is 13.2. The third-order valence-corrected chi connectivity index (χ3v) is 4.71. The normalized spacial score (nSPS) is 19.2. The number of rotatable bonds is 5. The highest BCUT2D eigenvalue weighted by Crippen LogP contribution is 2.39. The SMILES string of the molecule is CO[C@@H]1CN(C(=O)O)C1(Cc1ccccc1)Cc1ccccc1. The van der Waals surface area contributed by atoms with Gasteiger partial charge in [-0.3, -0.25) is 4.90 Å². The summed E-state index contributed by atoms with van der Waals surface area (Å²) in [5.41, 5.74) is 1.69. The summed E-state index contributed by atoms with van der Waals surface area (Å²) in [5.74, 6) is 0. The van der Waals surface area contributed by atoms with Crippen LogP contribution < -0.4 is 0 Å². The molecule has 0 radical (unpaired) electrons. The number of carbonyl (C=O) groups is 1. The Balaban J connectivity index is 1.96. The zero-order chi connectivity index (χ0) is 16.3. The average molecular weight is 311 g/mol. The summed E-state index contributed by atoms with van der Waals surface area (Å²) in [6.45, 7) is 0.422. The highest BCUT2D eigenvalue weighted by Gasteiger charge is 2.56. The van der Waals surface area contributed by atoms with Gasteiger partial charge in [0.05, 0.1) is 18.2 Å². The van der Waals surface area contributed by atoms with E-state index in [2.05, 4.69) is 0 Å². The third-order valence-electron chi connectivity index (χ3n) is 4.71. The van der Waals surface area contributed by atoms with Crippen LogP contribution in [0.25, 0.3) is 0 Å². The Morgan fingerprint density at radius 2 is 1.57 bits per heavy atom. The third kappa shape index (κ3) is 2.94. The molecule has 4 heteroatoms. The molecular weight excluding hydrogens is 290 g/mol. The lowest BCUT2D eigenvalue weighted by Crippen LogP contribution is -2.74. The molecule has 23 heavy (non-hydrogen) atoms. The molecule has 2 aromatic rings. The minimum atomic E-state index is -0.884. The molecule has 0 unspecified atom stereocenters. The fourth-order valence-electron chi connectivity index (χ4n) is 3.52. The molecule has 120 valence electrons. The van der Waals surface area contributed by atoms with E-state index in [1.807, 2.05) is 60.7 Å². The monoisotopic (exact) mass is 311 g/mol. The summed E-state index contributed by atoms with van der Waals surface area (Å²) in [4.78, 5) is 13.2. The maximum atomic E-state index is 11.7. The number of amides is 1. The molecule has 1 aliphatic heterocycles. The lowest BCUT2D eigenvalue weighted by atomic mass is 9.72. The van der Waals surface area contributed by atoms with E-state index >= 15 is 0 Å². The van der Waals surface area contributed by atoms with Gasteiger partial charge in [-0.25, -0.2) is 4.79 Å². The first kappa shape index (κ1) is 15.6. The van der Waals surface area contributed by atoms with E-state index < -0.39 is 11.6 Å². The first-order valence-electron chi connectivity index (χ1n) is 7.77.